The molecule has 0 aliphatic carbocycles. The lowest BCUT2D eigenvalue weighted by Gasteiger charge is -2.25. The zero-order valence-corrected chi connectivity index (χ0v) is 17.0. The SMILES string of the molecule is CC(OC(=O)C1COc2ccc(Cl)cc2C1)C(=O)Nc1cccc(S(N)(=O)=O)c1. The van der Waals surface area contributed by atoms with E-state index in [9.17, 15) is 18.0 Å². The third-order valence-corrected chi connectivity index (χ3v) is 5.50. The van der Waals surface area contributed by atoms with Crippen LogP contribution in [0.5, 0.6) is 5.75 Å². The number of halogens is 1. The molecule has 154 valence electrons. The Labute approximate surface area is 173 Å². The van der Waals surface area contributed by atoms with Gasteiger partial charge >= 0.3 is 5.97 Å². The number of nitrogens with one attached hydrogen (secondary N) is 1. The zero-order chi connectivity index (χ0) is 21.2. The van der Waals surface area contributed by atoms with Gasteiger partial charge in [-0.1, -0.05) is 17.7 Å². The van der Waals surface area contributed by atoms with Crippen LogP contribution in [0.1, 0.15) is 12.5 Å². The number of fused-ring (bicyclic) bond motifs is 1. The fraction of sp³-hybridized carbons (Fsp3) is 0.263. The number of esters is 1. The first-order valence-electron chi connectivity index (χ1n) is 8.69. The van der Waals surface area contributed by atoms with Gasteiger partial charge in [0.1, 0.15) is 12.4 Å². The summed E-state index contributed by atoms with van der Waals surface area (Å²) >= 11 is 5.98. The number of rotatable bonds is 5. The molecule has 2 aromatic carbocycles. The Hall–Kier alpha value is -2.62. The lowest BCUT2D eigenvalue weighted by molar-refractivity contribution is -0.158. The normalized spacial score (nSPS) is 16.9. The second kappa shape index (κ2) is 8.40. The van der Waals surface area contributed by atoms with Crippen LogP contribution in [0, 0.1) is 5.92 Å². The Bertz CT molecular complexity index is 1060. The van der Waals surface area contributed by atoms with Gasteiger partial charge in [-0.05, 0) is 55.3 Å². The van der Waals surface area contributed by atoms with Gasteiger partial charge in [0, 0.05) is 10.7 Å². The zero-order valence-electron chi connectivity index (χ0n) is 15.4. The number of ether oxygens (including phenoxy) is 2. The number of carbonyl (C=O) groups excluding carboxylic acids is 2. The number of primary sulfonamides is 1. The molecule has 2 unspecified atom stereocenters. The van der Waals surface area contributed by atoms with E-state index in [1.165, 1.54) is 31.2 Å². The number of nitrogens with two attached hydrogens (primary N) is 1. The molecule has 0 aromatic heterocycles. The lowest BCUT2D eigenvalue weighted by atomic mass is 9.97. The third kappa shape index (κ3) is 5.26. The summed E-state index contributed by atoms with van der Waals surface area (Å²) in [4.78, 5) is 24.6. The second-order valence-corrected chi connectivity index (χ2v) is 8.60. The molecule has 1 aliphatic rings. The molecule has 1 amide bonds. The molecule has 3 rings (SSSR count). The van der Waals surface area contributed by atoms with E-state index in [4.69, 9.17) is 26.2 Å². The van der Waals surface area contributed by atoms with Crippen LogP contribution in [0.2, 0.25) is 5.02 Å². The first kappa shape index (κ1) is 21.1. The molecule has 0 saturated heterocycles. The maximum absolute atomic E-state index is 12.4. The van der Waals surface area contributed by atoms with Gasteiger partial charge in [-0.25, -0.2) is 13.6 Å². The van der Waals surface area contributed by atoms with Gasteiger partial charge in [0.25, 0.3) is 5.91 Å². The molecule has 2 aromatic rings. The molecule has 0 fully saturated rings. The first-order chi connectivity index (χ1) is 13.6. The van der Waals surface area contributed by atoms with Crippen molar-refractivity contribution in [3.63, 3.8) is 0 Å². The van der Waals surface area contributed by atoms with Gasteiger partial charge in [-0.3, -0.25) is 9.59 Å². The van der Waals surface area contributed by atoms with Gasteiger partial charge in [-0.2, -0.15) is 0 Å². The summed E-state index contributed by atoms with van der Waals surface area (Å²) in [6, 6.07) is 10.6. The van der Waals surface area contributed by atoms with Gasteiger partial charge < -0.3 is 14.8 Å². The fourth-order valence-electron chi connectivity index (χ4n) is 2.83. The fourth-order valence-corrected chi connectivity index (χ4v) is 3.59. The van der Waals surface area contributed by atoms with E-state index < -0.39 is 33.9 Å². The summed E-state index contributed by atoms with van der Waals surface area (Å²) in [6.45, 7) is 1.56. The van der Waals surface area contributed by atoms with E-state index in [1.54, 1.807) is 18.2 Å². The number of benzene rings is 2. The summed E-state index contributed by atoms with van der Waals surface area (Å²) in [7, 11) is -3.90. The second-order valence-electron chi connectivity index (χ2n) is 6.61. The minimum absolute atomic E-state index is 0.137. The Kier molecular flexibility index (Phi) is 6.11. The molecule has 29 heavy (non-hydrogen) atoms. The molecule has 0 spiro atoms. The van der Waals surface area contributed by atoms with Crippen LogP contribution in [-0.2, 0) is 30.8 Å². The molecular weight excluding hydrogens is 420 g/mol. The molecule has 8 nitrogen and oxygen atoms in total. The number of sulfonamides is 1. The van der Waals surface area contributed by atoms with Crippen molar-refractivity contribution in [1.29, 1.82) is 0 Å². The van der Waals surface area contributed by atoms with Crippen molar-refractivity contribution in [2.24, 2.45) is 11.1 Å². The average molecular weight is 439 g/mol. The molecule has 0 bridgehead atoms. The van der Waals surface area contributed by atoms with Crippen molar-refractivity contribution >= 4 is 39.2 Å². The maximum Gasteiger partial charge on any atom is 0.313 e. The monoisotopic (exact) mass is 438 g/mol. The van der Waals surface area contributed by atoms with Gasteiger partial charge in [0.15, 0.2) is 6.10 Å². The van der Waals surface area contributed by atoms with E-state index in [2.05, 4.69) is 5.32 Å². The number of anilines is 1. The minimum atomic E-state index is -3.90. The highest BCUT2D eigenvalue weighted by Gasteiger charge is 2.30. The topological polar surface area (TPSA) is 125 Å². The quantitative estimate of drug-likeness (QED) is 0.689. The van der Waals surface area contributed by atoms with Gasteiger partial charge in [-0.15, -0.1) is 0 Å². The van der Waals surface area contributed by atoms with E-state index in [0.29, 0.717) is 17.2 Å². The molecule has 1 heterocycles. The summed E-state index contributed by atoms with van der Waals surface area (Å²) in [5, 5.41) is 8.12. The molecule has 2 atom stereocenters. The Balaban J connectivity index is 1.60. The number of hydrogen-bond donors (Lipinski definition) is 2. The molecule has 0 radical (unpaired) electrons. The highest BCUT2D eigenvalue weighted by molar-refractivity contribution is 7.89. The highest BCUT2D eigenvalue weighted by atomic mass is 35.5. The Morgan fingerprint density at radius 3 is 2.76 bits per heavy atom. The van der Waals surface area contributed by atoms with Crippen molar-refractivity contribution in [1.82, 2.24) is 0 Å². The van der Waals surface area contributed by atoms with Crippen molar-refractivity contribution in [2.45, 2.75) is 24.3 Å². The van der Waals surface area contributed by atoms with Gasteiger partial charge in [0.2, 0.25) is 10.0 Å². The van der Waals surface area contributed by atoms with Crippen LogP contribution in [0.25, 0.3) is 0 Å². The number of carbonyl (C=O) groups is 2. The van der Waals surface area contributed by atoms with Crippen LogP contribution in [0.4, 0.5) is 5.69 Å². The molecular formula is C19H19ClN2O6S. The first-order valence-corrected chi connectivity index (χ1v) is 10.6. The molecule has 1 aliphatic heterocycles. The van der Waals surface area contributed by atoms with Crippen LogP contribution in [-0.4, -0.2) is 33.0 Å². The lowest BCUT2D eigenvalue weighted by Crippen LogP contribution is -2.36. The maximum atomic E-state index is 12.4. The highest BCUT2D eigenvalue weighted by Crippen LogP contribution is 2.30. The van der Waals surface area contributed by atoms with Crippen molar-refractivity contribution < 1.29 is 27.5 Å². The summed E-state index contributed by atoms with van der Waals surface area (Å²) in [5.74, 6) is -1.08. The predicted octanol–water partition coefficient (Wildman–Crippen LogP) is 2.11. The van der Waals surface area contributed by atoms with Crippen molar-refractivity contribution in [3.8, 4) is 5.75 Å². The Morgan fingerprint density at radius 2 is 2.03 bits per heavy atom. The molecule has 3 N–H and O–H groups in total. The van der Waals surface area contributed by atoms with Gasteiger partial charge in [0.05, 0.1) is 10.8 Å². The summed E-state index contributed by atoms with van der Waals surface area (Å²) in [5.41, 5.74) is 1.01. The average Bonchev–Trinajstić information content (AvgIpc) is 2.66. The third-order valence-electron chi connectivity index (χ3n) is 4.35. The standard InChI is InChI=1S/C19H19ClN2O6S/c1-11(18(23)22-15-3-2-4-16(9-15)29(21,25)26)28-19(24)13-7-12-8-14(20)5-6-17(12)27-10-13/h2-6,8-9,11,13H,7,10H2,1H3,(H,22,23)(H2,21,25,26). The van der Waals surface area contributed by atoms with Crippen molar-refractivity contribution in [2.75, 3.05) is 11.9 Å². The minimum Gasteiger partial charge on any atom is -0.492 e. The number of hydrogen-bond acceptors (Lipinski definition) is 6. The summed E-state index contributed by atoms with van der Waals surface area (Å²) < 4.78 is 33.6. The van der Waals surface area contributed by atoms with Crippen LogP contribution in [0.3, 0.4) is 0 Å². The Morgan fingerprint density at radius 1 is 1.28 bits per heavy atom. The van der Waals surface area contributed by atoms with E-state index in [1.807, 2.05) is 0 Å². The number of amides is 1. The van der Waals surface area contributed by atoms with E-state index in [-0.39, 0.29) is 17.2 Å². The van der Waals surface area contributed by atoms with Crippen molar-refractivity contribution in [3.05, 3.63) is 53.1 Å². The smallest absolute Gasteiger partial charge is 0.313 e. The van der Waals surface area contributed by atoms with Crippen LogP contribution >= 0.6 is 11.6 Å². The van der Waals surface area contributed by atoms with Crippen LogP contribution < -0.4 is 15.2 Å². The van der Waals surface area contributed by atoms with E-state index >= 15 is 0 Å². The molecule has 0 saturated carbocycles. The summed E-state index contributed by atoms with van der Waals surface area (Å²) in [6.07, 6.45) is -0.708. The molecule has 10 heteroatoms. The van der Waals surface area contributed by atoms with Crippen LogP contribution in [0.15, 0.2) is 47.4 Å². The predicted molar refractivity (Wildman–Crippen MR) is 106 cm³/mol. The largest absolute Gasteiger partial charge is 0.492 e. The van der Waals surface area contributed by atoms with E-state index in [0.717, 1.165) is 5.56 Å².